The predicted molar refractivity (Wildman–Crippen MR) is 89.8 cm³/mol. The van der Waals surface area contributed by atoms with Crippen LogP contribution in [0.4, 0.5) is 0 Å². The summed E-state index contributed by atoms with van der Waals surface area (Å²) in [7, 11) is 0. The van der Waals surface area contributed by atoms with Crippen LogP contribution in [0.15, 0.2) is 24.4 Å². The van der Waals surface area contributed by atoms with Crippen molar-refractivity contribution < 1.29 is 14.3 Å². The average molecular weight is 329 g/mol. The first-order valence-electron chi connectivity index (χ1n) is 8.57. The van der Waals surface area contributed by atoms with E-state index in [2.05, 4.69) is 4.98 Å². The fourth-order valence-corrected chi connectivity index (χ4v) is 3.27. The fraction of sp³-hybridized carbons (Fsp3) is 0.500. The minimum absolute atomic E-state index is 0.104. The highest BCUT2D eigenvalue weighted by molar-refractivity contribution is 5.99. The van der Waals surface area contributed by atoms with Crippen molar-refractivity contribution in [2.24, 2.45) is 5.92 Å². The molecule has 3 rings (SSSR count). The molecule has 2 aromatic rings. The lowest BCUT2D eigenvalue weighted by atomic mass is 9.98. The molecular weight excluding hydrogens is 306 g/mol. The number of carbonyl (C=O) groups is 2. The van der Waals surface area contributed by atoms with Crippen LogP contribution in [0.5, 0.6) is 0 Å². The Bertz CT molecular complexity index is 753. The molecule has 2 aromatic heterocycles. The van der Waals surface area contributed by atoms with Crippen LogP contribution in [-0.2, 0) is 16.0 Å². The van der Waals surface area contributed by atoms with E-state index in [0.717, 1.165) is 30.6 Å². The van der Waals surface area contributed by atoms with E-state index in [9.17, 15) is 9.59 Å². The van der Waals surface area contributed by atoms with Gasteiger partial charge in [-0.05, 0) is 31.9 Å². The number of aromatic nitrogens is 2. The highest BCUT2D eigenvalue weighted by Gasteiger charge is 2.31. The number of fused-ring (bicyclic) bond motifs is 1. The number of likely N-dealkylation sites (tertiary alicyclic amines) is 1. The third-order valence-electron chi connectivity index (χ3n) is 4.47. The summed E-state index contributed by atoms with van der Waals surface area (Å²) in [6.45, 7) is 5.25. The number of hydrogen-bond donors (Lipinski definition) is 0. The number of imidazole rings is 1. The summed E-state index contributed by atoms with van der Waals surface area (Å²) >= 11 is 0. The lowest BCUT2D eigenvalue weighted by Gasteiger charge is -2.31. The lowest BCUT2D eigenvalue weighted by molar-refractivity contribution is -0.149. The number of amides is 1. The molecule has 0 aliphatic carbocycles. The standard InChI is InChI=1S/C18H23N3O3/c1-3-15-19-16(14-9-5-6-11-21(14)15)17(22)20-10-7-8-13(12-20)18(23)24-4-2/h5-6,9,11,13H,3-4,7-8,10,12H2,1-2H3. The molecule has 0 spiro atoms. The summed E-state index contributed by atoms with van der Waals surface area (Å²) in [5.74, 6) is 0.321. The van der Waals surface area contributed by atoms with E-state index >= 15 is 0 Å². The Morgan fingerprint density at radius 2 is 2.17 bits per heavy atom. The maximum atomic E-state index is 13.0. The average Bonchev–Trinajstić information content (AvgIpc) is 3.00. The van der Waals surface area contributed by atoms with Crippen LogP contribution < -0.4 is 0 Å². The second-order valence-corrected chi connectivity index (χ2v) is 6.03. The molecule has 1 unspecified atom stereocenters. The van der Waals surface area contributed by atoms with Gasteiger partial charge in [-0.2, -0.15) is 0 Å². The van der Waals surface area contributed by atoms with E-state index in [1.165, 1.54) is 0 Å². The molecular formula is C18H23N3O3. The smallest absolute Gasteiger partial charge is 0.310 e. The molecule has 1 aliphatic heterocycles. The van der Waals surface area contributed by atoms with Crippen LogP contribution in [0.2, 0.25) is 0 Å². The van der Waals surface area contributed by atoms with Crippen molar-refractivity contribution in [3.8, 4) is 0 Å². The first-order valence-corrected chi connectivity index (χ1v) is 8.57. The summed E-state index contributed by atoms with van der Waals surface area (Å²) in [5, 5.41) is 0. The number of ether oxygens (including phenoxy) is 1. The summed E-state index contributed by atoms with van der Waals surface area (Å²) < 4.78 is 7.07. The molecule has 128 valence electrons. The first-order chi connectivity index (χ1) is 11.7. The highest BCUT2D eigenvalue weighted by Crippen LogP contribution is 2.22. The number of pyridine rings is 1. The number of nitrogens with zero attached hydrogens (tertiary/aromatic N) is 3. The highest BCUT2D eigenvalue weighted by atomic mass is 16.5. The van der Waals surface area contributed by atoms with Gasteiger partial charge in [0.25, 0.3) is 5.91 Å². The van der Waals surface area contributed by atoms with Crippen molar-refractivity contribution in [1.29, 1.82) is 0 Å². The topological polar surface area (TPSA) is 63.9 Å². The van der Waals surface area contributed by atoms with Crippen molar-refractivity contribution >= 4 is 17.4 Å². The van der Waals surface area contributed by atoms with E-state index in [-0.39, 0.29) is 17.8 Å². The largest absolute Gasteiger partial charge is 0.466 e. The molecule has 6 nitrogen and oxygen atoms in total. The number of esters is 1. The van der Waals surface area contributed by atoms with Gasteiger partial charge in [0.15, 0.2) is 5.69 Å². The molecule has 0 aromatic carbocycles. The van der Waals surface area contributed by atoms with Crippen LogP contribution in [-0.4, -0.2) is 45.9 Å². The molecule has 3 heterocycles. The maximum absolute atomic E-state index is 13.0. The number of rotatable bonds is 4. The SMILES string of the molecule is CCOC(=O)C1CCCN(C(=O)c2nc(CC)n3ccccc23)C1. The monoisotopic (exact) mass is 329 g/mol. The Kier molecular flexibility index (Phi) is 4.83. The molecule has 1 fully saturated rings. The van der Waals surface area contributed by atoms with Gasteiger partial charge in [0, 0.05) is 25.7 Å². The summed E-state index contributed by atoms with van der Waals surface area (Å²) in [5.41, 5.74) is 1.29. The molecule has 1 amide bonds. The Balaban J connectivity index is 1.85. The first kappa shape index (κ1) is 16.5. The Morgan fingerprint density at radius 3 is 2.92 bits per heavy atom. The van der Waals surface area contributed by atoms with E-state index in [4.69, 9.17) is 4.74 Å². The quantitative estimate of drug-likeness (QED) is 0.808. The third kappa shape index (κ3) is 3.00. The van der Waals surface area contributed by atoms with Gasteiger partial charge in [0.2, 0.25) is 0 Å². The molecule has 0 N–H and O–H groups in total. The number of hydrogen-bond acceptors (Lipinski definition) is 4. The molecule has 0 bridgehead atoms. The molecule has 1 saturated heterocycles. The van der Waals surface area contributed by atoms with Crippen molar-refractivity contribution in [1.82, 2.24) is 14.3 Å². The summed E-state index contributed by atoms with van der Waals surface area (Å²) in [4.78, 5) is 31.2. The van der Waals surface area contributed by atoms with Gasteiger partial charge in [-0.1, -0.05) is 13.0 Å². The molecule has 24 heavy (non-hydrogen) atoms. The number of piperidine rings is 1. The summed E-state index contributed by atoms with van der Waals surface area (Å²) in [6, 6.07) is 5.75. The second-order valence-electron chi connectivity index (χ2n) is 6.03. The van der Waals surface area contributed by atoms with Crippen LogP contribution in [0, 0.1) is 5.92 Å². The Labute approximate surface area is 141 Å². The number of carbonyl (C=O) groups excluding carboxylic acids is 2. The minimum atomic E-state index is -0.234. The van der Waals surface area contributed by atoms with Gasteiger partial charge in [-0.25, -0.2) is 4.98 Å². The van der Waals surface area contributed by atoms with Gasteiger partial charge in [0.1, 0.15) is 5.82 Å². The maximum Gasteiger partial charge on any atom is 0.310 e. The van der Waals surface area contributed by atoms with Crippen molar-refractivity contribution in [3.05, 3.63) is 35.9 Å². The fourth-order valence-electron chi connectivity index (χ4n) is 3.27. The molecule has 0 radical (unpaired) electrons. The van der Waals surface area contributed by atoms with Gasteiger partial charge < -0.3 is 14.0 Å². The van der Waals surface area contributed by atoms with Crippen LogP contribution >= 0.6 is 0 Å². The normalized spacial score (nSPS) is 17.9. The van der Waals surface area contributed by atoms with Crippen LogP contribution in [0.25, 0.3) is 5.52 Å². The zero-order valence-corrected chi connectivity index (χ0v) is 14.2. The molecule has 6 heteroatoms. The van der Waals surface area contributed by atoms with Crippen LogP contribution in [0.1, 0.15) is 43.0 Å². The Hall–Kier alpha value is -2.37. The van der Waals surface area contributed by atoms with E-state index < -0.39 is 0 Å². The zero-order chi connectivity index (χ0) is 17.1. The van der Waals surface area contributed by atoms with Crippen molar-refractivity contribution in [3.63, 3.8) is 0 Å². The van der Waals surface area contributed by atoms with Crippen LogP contribution in [0.3, 0.4) is 0 Å². The third-order valence-corrected chi connectivity index (χ3v) is 4.47. The van der Waals surface area contributed by atoms with Crippen molar-refractivity contribution in [2.75, 3.05) is 19.7 Å². The van der Waals surface area contributed by atoms with Crippen molar-refractivity contribution in [2.45, 2.75) is 33.1 Å². The predicted octanol–water partition coefficient (Wildman–Crippen LogP) is 2.31. The number of aryl methyl sites for hydroxylation is 1. The zero-order valence-electron chi connectivity index (χ0n) is 14.2. The molecule has 1 aliphatic rings. The second kappa shape index (κ2) is 7.03. The van der Waals surface area contributed by atoms with Gasteiger partial charge in [-0.15, -0.1) is 0 Å². The molecule has 1 atom stereocenters. The molecule has 0 saturated carbocycles. The lowest BCUT2D eigenvalue weighted by Crippen LogP contribution is -2.43. The van der Waals surface area contributed by atoms with Gasteiger partial charge >= 0.3 is 5.97 Å². The van der Waals surface area contributed by atoms with Gasteiger partial charge in [0.05, 0.1) is 18.0 Å². The minimum Gasteiger partial charge on any atom is -0.466 e. The van der Waals surface area contributed by atoms with E-state index in [1.54, 1.807) is 11.8 Å². The Morgan fingerprint density at radius 1 is 1.33 bits per heavy atom. The summed E-state index contributed by atoms with van der Waals surface area (Å²) in [6.07, 6.45) is 4.26. The van der Waals surface area contributed by atoms with E-state index in [1.807, 2.05) is 35.7 Å². The van der Waals surface area contributed by atoms with Gasteiger partial charge in [-0.3, -0.25) is 9.59 Å². The van der Waals surface area contributed by atoms with E-state index in [0.29, 0.717) is 25.4 Å².